The summed E-state index contributed by atoms with van der Waals surface area (Å²) in [6, 6.07) is 16.8. The minimum Gasteiger partial charge on any atom is -0.268 e. The first kappa shape index (κ1) is 12.8. The van der Waals surface area contributed by atoms with Crippen LogP contribution in [0, 0.1) is 18.4 Å². The summed E-state index contributed by atoms with van der Waals surface area (Å²) >= 11 is 0. The van der Waals surface area contributed by atoms with E-state index in [9.17, 15) is 4.79 Å². The van der Waals surface area contributed by atoms with Crippen LogP contribution in [0.4, 0.5) is 0 Å². The molecule has 94 valence electrons. The molecule has 2 aromatic rings. The molecule has 0 N–H and O–H groups in total. The number of carbonyl (C=O) groups is 1. The average Bonchev–Trinajstić information content (AvgIpc) is 2.46. The maximum Gasteiger partial charge on any atom is 0.267 e. The minimum absolute atomic E-state index is 0.260. The van der Waals surface area contributed by atoms with E-state index in [1.165, 1.54) is 4.90 Å². The quantitative estimate of drug-likeness (QED) is 0.620. The van der Waals surface area contributed by atoms with Gasteiger partial charge in [0.1, 0.15) is 0 Å². The second-order valence-corrected chi connectivity index (χ2v) is 4.29. The molecule has 0 aliphatic rings. The van der Waals surface area contributed by atoms with Gasteiger partial charge in [0.15, 0.2) is 6.19 Å². The van der Waals surface area contributed by atoms with Crippen LogP contribution in [-0.2, 0) is 6.54 Å². The molecule has 0 aromatic heterocycles. The largest absolute Gasteiger partial charge is 0.268 e. The molecule has 1 amide bonds. The van der Waals surface area contributed by atoms with Crippen LogP contribution in [0.25, 0.3) is 0 Å². The molecule has 19 heavy (non-hydrogen) atoms. The zero-order valence-corrected chi connectivity index (χ0v) is 10.7. The van der Waals surface area contributed by atoms with Crippen molar-refractivity contribution in [2.75, 3.05) is 0 Å². The summed E-state index contributed by atoms with van der Waals surface area (Å²) in [5.74, 6) is -0.260. The number of carbonyl (C=O) groups excluding carboxylic acids is 1. The first-order valence-corrected chi connectivity index (χ1v) is 6.03. The number of amides is 1. The van der Waals surface area contributed by atoms with E-state index in [0.717, 1.165) is 11.1 Å². The molecular formula is C16H14N2O. The van der Waals surface area contributed by atoms with Gasteiger partial charge in [-0.05, 0) is 24.1 Å². The monoisotopic (exact) mass is 250 g/mol. The van der Waals surface area contributed by atoms with Crippen LogP contribution in [0.5, 0.6) is 0 Å². The fourth-order valence-corrected chi connectivity index (χ4v) is 1.88. The minimum atomic E-state index is -0.260. The Labute approximate surface area is 112 Å². The van der Waals surface area contributed by atoms with Crippen molar-refractivity contribution in [1.29, 1.82) is 5.26 Å². The van der Waals surface area contributed by atoms with Gasteiger partial charge in [0.25, 0.3) is 5.91 Å². The van der Waals surface area contributed by atoms with Crippen LogP contribution in [0.2, 0.25) is 0 Å². The van der Waals surface area contributed by atoms with Gasteiger partial charge in [-0.25, -0.2) is 4.90 Å². The third-order valence-corrected chi connectivity index (χ3v) is 2.92. The Morgan fingerprint density at radius 2 is 1.74 bits per heavy atom. The molecule has 0 heterocycles. The summed E-state index contributed by atoms with van der Waals surface area (Å²) in [6.45, 7) is 2.16. The predicted octanol–water partition coefficient (Wildman–Crippen LogP) is 3.12. The van der Waals surface area contributed by atoms with E-state index in [2.05, 4.69) is 0 Å². The number of aryl methyl sites for hydroxylation is 1. The van der Waals surface area contributed by atoms with Crippen LogP contribution in [0.1, 0.15) is 21.5 Å². The molecule has 0 aliphatic heterocycles. The van der Waals surface area contributed by atoms with Gasteiger partial charge in [-0.15, -0.1) is 0 Å². The lowest BCUT2D eigenvalue weighted by atomic mass is 10.1. The zero-order chi connectivity index (χ0) is 13.7. The topological polar surface area (TPSA) is 44.1 Å². The van der Waals surface area contributed by atoms with E-state index >= 15 is 0 Å². The third kappa shape index (κ3) is 2.99. The molecule has 0 fully saturated rings. The van der Waals surface area contributed by atoms with E-state index in [4.69, 9.17) is 5.26 Å². The fourth-order valence-electron chi connectivity index (χ4n) is 1.88. The number of rotatable bonds is 3. The second-order valence-electron chi connectivity index (χ2n) is 4.29. The molecule has 0 radical (unpaired) electrons. The lowest BCUT2D eigenvalue weighted by molar-refractivity contribution is 0.0823. The molecule has 3 nitrogen and oxygen atoms in total. The Balaban J connectivity index is 2.22. The van der Waals surface area contributed by atoms with Crippen molar-refractivity contribution in [3.8, 4) is 6.19 Å². The Hall–Kier alpha value is -2.60. The summed E-state index contributed by atoms with van der Waals surface area (Å²) in [5.41, 5.74) is 2.38. The molecule has 0 bridgehead atoms. The first-order chi connectivity index (χ1) is 9.22. The summed E-state index contributed by atoms with van der Waals surface area (Å²) < 4.78 is 0. The number of benzene rings is 2. The maximum atomic E-state index is 12.3. The number of hydrogen-bond donors (Lipinski definition) is 0. The average molecular weight is 250 g/mol. The van der Waals surface area contributed by atoms with Gasteiger partial charge in [-0.2, -0.15) is 5.26 Å². The van der Waals surface area contributed by atoms with Crippen LogP contribution < -0.4 is 0 Å². The number of hydrogen-bond acceptors (Lipinski definition) is 2. The molecule has 0 unspecified atom stereocenters. The van der Waals surface area contributed by atoms with Gasteiger partial charge in [0, 0.05) is 5.56 Å². The van der Waals surface area contributed by atoms with Gasteiger partial charge < -0.3 is 0 Å². The lowest BCUT2D eigenvalue weighted by Gasteiger charge is -2.15. The van der Waals surface area contributed by atoms with E-state index in [-0.39, 0.29) is 5.91 Å². The standard InChI is InChI=1S/C16H14N2O/c1-13-7-5-6-10-15(13)16(19)18(12-17)11-14-8-3-2-4-9-14/h2-10H,11H2,1H3. The van der Waals surface area contributed by atoms with Crippen molar-refractivity contribution in [1.82, 2.24) is 4.90 Å². The van der Waals surface area contributed by atoms with Crippen LogP contribution in [0.3, 0.4) is 0 Å². The Kier molecular flexibility index (Phi) is 3.94. The lowest BCUT2D eigenvalue weighted by Crippen LogP contribution is -2.26. The van der Waals surface area contributed by atoms with Crippen molar-refractivity contribution < 1.29 is 4.79 Å². The summed E-state index contributed by atoms with van der Waals surface area (Å²) in [4.78, 5) is 13.5. The Bertz CT molecular complexity index is 614. The summed E-state index contributed by atoms with van der Waals surface area (Å²) in [5, 5.41) is 9.17. The second kappa shape index (κ2) is 5.83. The zero-order valence-electron chi connectivity index (χ0n) is 10.7. The number of nitrogens with zero attached hydrogens (tertiary/aromatic N) is 2. The molecule has 2 rings (SSSR count). The van der Waals surface area contributed by atoms with Gasteiger partial charge >= 0.3 is 0 Å². The van der Waals surface area contributed by atoms with Crippen molar-refractivity contribution in [2.45, 2.75) is 13.5 Å². The molecule has 0 aliphatic carbocycles. The van der Waals surface area contributed by atoms with Crippen molar-refractivity contribution >= 4 is 5.91 Å². The van der Waals surface area contributed by atoms with Gasteiger partial charge in [-0.3, -0.25) is 4.79 Å². The highest BCUT2D eigenvalue weighted by Crippen LogP contribution is 2.12. The molecule has 0 saturated carbocycles. The third-order valence-electron chi connectivity index (χ3n) is 2.92. The van der Waals surface area contributed by atoms with Gasteiger partial charge in [0.05, 0.1) is 6.54 Å². The molecular weight excluding hydrogens is 236 g/mol. The van der Waals surface area contributed by atoms with Crippen molar-refractivity contribution in [2.24, 2.45) is 0 Å². The van der Waals surface area contributed by atoms with E-state index in [1.807, 2.05) is 55.6 Å². The first-order valence-electron chi connectivity index (χ1n) is 6.03. The summed E-state index contributed by atoms with van der Waals surface area (Å²) in [6.07, 6.45) is 1.96. The van der Waals surface area contributed by atoms with Gasteiger partial charge in [0.2, 0.25) is 0 Å². The number of nitriles is 1. The van der Waals surface area contributed by atoms with E-state index in [1.54, 1.807) is 12.1 Å². The Morgan fingerprint density at radius 3 is 2.37 bits per heavy atom. The van der Waals surface area contributed by atoms with E-state index < -0.39 is 0 Å². The fraction of sp³-hybridized carbons (Fsp3) is 0.125. The van der Waals surface area contributed by atoms with E-state index in [0.29, 0.717) is 12.1 Å². The van der Waals surface area contributed by atoms with Crippen LogP contribution in [-0.4, -0.2) is 10.8 Å². The van der Waals surface area contributed by atoms with Gasteiger partial charge in [-0.1, -0.05) is 48.5 Å². The molecule has 2 aromatic carbocycles. The SMILES string of the molecule is Cc1ccccc1C(=O)N(C#N)Cc1ccccc1. The molecule has 3 heteroatoms. The predicted molar refractivity (Wildman–Crippen MR) is 73.1 cm³/mol. The highest BCUT2D eigenvalue weighted by molar-refractivity contribution is 5.96. The van der Waals surface area contributed by atoms with Crippen molar-refractivity contribution in [3.63, 3.8) is 0 Å². The van der Waals surface area contributed by atoms with Crippen molar-refractivity contribution in [3.05, 3.63) is 71.3 Å². The van der Waals surface area contributed by atoms with Crippen LogP contribution in [0.15, 0.2) is 54.6 Å². The highest BCUT2D eigenvalue weighted by atomic mass is 16.2. The molecule has 0 saturated heterocycles. The molecule has 0 atom stereocenters. The van der Waals surface area contributed by atoms with Crippen LogP contribution >= 0.6 is 0 Å². The molecule has 0 spiro atoms. The summed E-state index contributed by atoms with van der Waals surface area (Å²) in [7, 11) is 0. The smallest absolute Gasteiger partial charge is 0.267 e. The normalized spacial score (nSPS) is 9.68. The highest BCUT2D eigenvalue weighted by Gasteiger charge is 2.17. The maximum absolute atomic E-state index is 12.3. The Morgan fingerprint density at radius 1 is 1.11 bits per heavy atom.